The smallest absolute Gasteiger partial charge is 0.342 e. The van der Waals surface area contributed by atoms with Crippen LogP contribution in [0.2, 0.25) is 0 Å². The van der Waals surface area contributed by atoms with Crippen LogP contribution < -0.4 is 10.7 Å². The molecule has 12 heteroatoms. The van der Waals surface area contributed by atoms with Gasteiger partial charge in [-0.05, 0) is 50.0 Å². The Kier molecular flexibility index (Phi) is 6.21. The van der Waals surface area contributed by atoms with Gasteiger partial charge in [0.25, 0.3) is 0 Å². The van der Waals surface area contributed by atoms with Gasteiger partial charge in [0.15, 0.2) is 11.0 Å². The Morgan fingerprint density at radius 3 is 2.55 bits per heavy atom. The third kappa shape index (κ3) is 5.22. The van der Waals surface area contributed by atoms with E-state index in [1.54, 1.807) is 6.07 Å². The van der Waals surface area contributed by atoms with Gasteiger partial charge >= 0.3 is 11.9 Å². The fraction of sp³-hybridized carbons (Fsp3) is 0.286. The number of rotatable bonds is 7. The number of hydrogen-bond acceptors (Lipinski definition) is 7. The number of aromatic amines is 1. The van der Waals surface area contributed by atoms with Crippen LogP contribution in [-0.2, 0) is 12.7 Å². The van der Waals surface area contributed by atoms with Crippen LogP contribution in [0.1, 0.15) is 11.1 Å². The summed E-state index contributed by atoms with van der Waals surface area (Å²) in [6.45, 7) is 1.47. The SMILES string of the molecule is CN(C)CCN(Cc1ccc(-c2noc(=O)[nH]2)c(F)c1)c1nc2ccc(C(F)(F)F)cc2s1. The molecule has 0 spiro atoms. The predicted molar refractivity (Wildman–Crippen MR) is 117 cm³/mol. The number of likely N-dealkylation sites (N-methyl/N-ethyl adjacent to an activating group) is 1. The van der Waals surface area contributed by atoms with Gasteiger partial charge in [0.2, 0.25) is 0 Å². The fourth-order valence-electron chi connectivity index (χ4n) is 3.20. The maximum Gasteiger partial charge on any atom is 0.439 e. The molecule has 4 rings (SSSR count). The fourth-order valence-corrected chi connectivity index (χ4v) is 4.23. The number of fused-ring (bicyclic) bond motifs is 1. The molecule has 0 saturated carbocycles. The molecule has 1 N–H and O–H groups in total. The van der Waals surface area contributed by atoms with Gasteiger partial charge in [0.1, 0.15) is 5.82 Å². The average Bonchev–Trinajstić information content (AvgIpc) is 3.35. The summed E-state index contributed by atoms with van der Waals surface area (Å²) in [4.78, 5) is 21.8. The zero-order valence-electron chi connectivity index (χ0n) is 17.6. The molecule has 2 aromatic heterocycles. The zero-order chi connectivity index (χ0) is 23.8. The number of halogens is 4. The largest absolute Gasteiger partial charge is 0.439 e. The molecule has 0 amide bonds. The number of alkyl halides is 3. The van der Waals surface area contributed by atoms with E-state index in [2.05, 4.69) is 19.6 Å². The Morgan fingerprint density at radius 2 is 1.91 bits per heavy atom. The first kappa shape index (κ1) is 22.9. The van der Waals surface area contributed by atoms with Gasteiger partial charge in [-0.25, -0.2) is 14.2 Å². The first-order valence-corrected chi connectivity index (χ1v) is 10.6. The van der Waals surface area contributed by atoms with E-state index < -0.39 is 23.3 Å². The lowest BCUT2D eigenvalue weighted by molar-refractivity contribution is -0.137. The normalized spacial score (nSPS) is 12.1. The Hall–Kier alpha value is -3.25. The molecule has 0 aliphatic carbocycles. The number of nitrogens with one attached hydrogen (secondary N) is 1. The summed E-state index contributed by atoms with van der Waals surface area (Å²) < 4.78 is 58.8. The van der Waals surface area contributed by atoms with Crippen molar-refractivity contribution in [2.75, 3.05) is 32.1 Å². The number of anilines is 1. The van der Waals surface area contributed by atoms with Crippen LogP contribution in [0.4, 0.5) is 22.7 Å². The van der Waals surface area contributed by atoms with E-state index in [0.29, 0.717) is 34.0 Å². The molecule has 4 aromatic rings. The summed E-state index contributed by atoms with van der Waals surface area (Å²) in [5, 5.41) is 4.03. The first-order chi connectivity index (χ1) is 15.6. The quantitative estimate of drug-likeness (QED) is 0.395. The van der Waals surface area contributed by atoms with Crippen molar-refractivity contribution in [3.63, 3.8) is 0 Å². The summed E-state index contributed by atoms with van der Waals surface area (Å²) in [5.41, 5.74) is 0.447. The van der Waals surface area contributed by atoms with Gasteiger partial charge in [0.05, 0.1) is 21.3 Å². The number of hydrogen-bond donors (Lipinski definition) is 1. The van der Waals surface area contributed by atoms with Crippen molar-refractivity contribution >= 4 is 26.7 Å². The summed E-state index contributed by atoms with van der Waals surface area (Å²) in [5.74, 6) is -1.39. The third-order valence-electron chi connectivity index (χ3n) is 4.89. The third-order valence-corrected chi connectivity index (χ3v) is 5.97. The van der Waals surface area contributed by atoms with Crippen molar-refractivity contribution < 1.29 is 22.1 Å². The maximum atomic E-state index is 14.7. The maximum absolute atomic E-state index is 14.7. The van der Waals surface area contributed by atoms with Crippen LogP contribution in [0, 0.1) is 5.82 Å². The second-order valence-corrected chi connectivity index (χ2v) is 8.67. The molecule has 2 aromatic carbocycles. The molecule has 0 atom stereocenters. The van der Waals surface area contributed by atoms with Crippen LogP contribution in [-0.4, -0.2) is 47.2 Å². The molecule has 33 heavy (non-hydrogen) atoms. The highest BCUT2D eigenvalue weighted by molar-refractivity contribution is 7.22. The molecule has 0 aliphatic heterocycles. The topological polar surface area (TPSA) is 78.3 Å². The number of nitrogens with zero attached hydrogens (tertiary/aromatic N) is 4. The number of benzene rings is 2. The molecule has 7 nitrogen and oxygen atoms in total. The Bertz CT molecular complexity index is 1330. The Morgan fingerprint density at radius 1 is 1.12 bits per heavy atom. The van der Waals surface area contributed by atoms with Gasteiger partial charge in [0, 0.05) is 19.6 Å². The Balaban J connectivity index is 1.64. The van der Waals surface area contributed by atoms with E-state index in [9.17, 15) is 22.4 Å². The van der Waals surface area contributed by atoms with E-state index in [-0.39, 0.29) is 17.9 Å². The van der Waals surface area contributed by atoms with Crippen molar-refractivity contribution in [3.05, 3.63) is 63.9 Å². The van der Waals surface area contributed by atoms with Gasteiger partial charge in [-0.2, -0.15) is 13.2 Å². The van der Waals surface area contributed by atoms with Crippen LogP contribution >= 0.6 is 11.3 Å². The zero-order valence-corrected chi connectivity index (χ0v) is 18.4. The molecule has 0 fully saturated rings. The Labute approximate surface area is 189 Å². The predicted octanol–water partition coefficient (Wildman–Crippen LogP) is 4.37. The highest BCUT2D eigenvalue weighted by atomic mass is 32.1. The second kappa shape index (κ2) is 8.94. The lowest BCUT2D eigenvalue weighted by atomic mass is 10.1. The average molecular weight is 481 g/mol. The minimum atomic E-state index is -4.43. The van der Waals surface area contributed by atoms with Gasteiger partial charge in [-0.1, -0.05) is 22.6 Å². The number of aromatic nitrogens is 3. The highest BCUT2D eigenvalue weighted by Gasteiger charge is 2.31. The van der Waals surface area contributed by atoms with Crippen molar-refractivity contribution in [3.8, 4) is 11.4 Å². The van der Waals surface area contributed by atoms with Crippen LogP contribution in [0.25, 0.3) is 21.6 Å². The molecule has 0 bridgehead atoms. The van der Waals surface area contributed by atoms with Crippen LogP contribution in [0.15, 0.2) is 45.7 Å². The van der Waals surface area contributed by atoms with Crippen molar-refractivity contribution in [2.45, 2.75) is 12.7 Å². The summed E-state index contributed by atoms with van der Waals surface area (Å²) >= 11 is 1.15. The van der Waals surface area contributed by atoms with Gasteiger partial charge in [-0.3, -0.25) is 9.51 Å². The number of H-pyrrole nitrogens is 1. The molecule has 0 saturated heterocycles. The summed E-state index contributed by atoms with van der Waals surface area (Å²) in [6.07, 6.45) is -4.43. The summed E-state index contributed by atoms with van der Waals surface area (Å²) in [7, 11) is 3.80. The van der Waals surface area contributed by atoms with E-state index >= 15 is 0 Å². The minimum absolute atomic E-state index is 0.0137. The molecule has 0 unspecified atom stereocenters. The summed E-state index contributed by atoms with van der Waals surface area (Å²) in [6, 6.07) is 7.95. The van der Waals surface area contributed by atoms with E-state index in [1.165, 1.54) is 18.2 Å². The lowest BCUT2D eigenvalue weighted by Gasteiger charge is -2.24. The standard InChI is InChI=1S/C21H19F4N5O2S/c1-29(2)7-8-30(19-26-16-6-4-13(21(23,24)25)10-17(16)33-19)11-12-3-5-14(15(22)9-12)18-27-20(31)32-28-18/h3-6,9-10H,7-8,11H2,1-2H3,(H,27,28,31). The van der Waals surface area contributed by atoms with Gasteiger partial charge in [-0.15, -0.1) is 0 Å². The number of thiazole rings is 1. The van der Waals surface area contributed by atoms with E-state index in [1.807, 2.05) is 23.9 Å². The molecular weight excluding hydrogens is 462 g/mol. The molecular formula is C21H19F4N5O2S. The molecule has 0 aliphatic rings. The highest BCUT2D eigenvalue weighted by Crippen LogP contribution is 2.35. The van der Waals surface area contributed by atoms with Crippen LogP contribution in [0.5, 0.6) is 0 Å². The lowest BCUT2D eigenvalue weighted by Crippen LogP contribution is -2.31. The first-order valence-electron chi connectivity index (χ1n) is 9.82. The van der Waals surface area contributed by atoms with Crippen molar-refractivity contribution in [2.24, 2.45) is 0 Å². The van der Waals surface area contributed by atoms with Crippen molar-refractivity contribution in [1.82, 2.24) is 20.0 Å². The monoisotopic (exact) mass is 481 g/mol. The molecule has 174 valence electrons. The van der Waals surface area contributed by atoms with Gasteiger partial charge < -0.3 is 9.80 Å². The minimum Gasteiger partial charge on any atom is -0.342 e. The van der Waals surface area contributed by atoms with Crippen molar-refractivity contribution in [1.29, 1.82) is 0 Å². The van der Waals surface area contributed by atoms with E-state index in [4.69, 9.17) is 0 Å². The molecule has 0 radical (unpaired) electrons. The second-order valence-electron chi connectivity index (χ2n) is 7.66. The van der Waals surface area contributed by atoms with Crippen LogP contribution in [0.3, 0.4) is 0 Å². The molecule has 2 heterocycles. The van der Waals surface area contributed by atoms with E-state index in [0.717, 1.165) is 23.5 Å².